The maximum absolute atomic E-state index is 4.28. The van der Waals surface area contributed by atoms with E-state index in [4.69, 9.17) is 0 Å². The van der Waals surface area contributed by atoms with E-state index in [0.717, 1.165) is 12.8 Å². The highest BCUT2D eigenvalue weighted by molar-refractivity contribution is 5.08. The van der Waals surface area contributed by atoms with E-state index in [0.29, 0.717) is 0 Å². The molecule has 1 aromatic heterocycles. The molecule has 0 aliphatic rings. The van der Waals surface area contributed by atoms with Crippen molar-refractivity contribution in [1.29, 1.82) is 0 Å². The standard InChI is InChI=1S/C14H27N3/c1-3-5-7-9-11-13-14(16-17-15-13)12-10-8-6-4-2/h3-12H2,1-2H3,(H,15,16,17). The van der Waals surface area contributed by atoms with Crippen LogP contribution in [0.25, 0.3) is 0 Å². The number of H-pyrrole nitrogens is 1. The van der Waals surface area contributed by atoms with E-state index in [-0.39, 0.29) is 0 Å². The lowest BCUT2D eigenvalue weighted by Crippen LogP contribution is -1.94. The van der Waals surface area contributed by atoms with Crippen LogP contribution >= 0.6 is 0 Å². The van der Waals surface area contributed by atoms with E-state index < -0.39 is 0 Å². The summed E-state index contributed by atoms with van der Waals surface area (Å²) < 4.78 is 0. The van der Waals surface area contributed by atoms with Gasteiger partial charge in [0.05, 0.1) is 11.4 Å². The third-order valence-electron chi connectivity index (χ3n) is 3.24. The SMILES string of the molecule is CCCCCCc1n[nH]nc1CCCCCC. The zero-order valence-electron chi connectivity index (χ0n) is 11.5. The van der Waals surface area contributed by atoms with Crippen LogP contribution in [0.4, 0.5) is 0 Å². The summed E-state index contributed by atoms with van der Waals surface area (Å²) >= 11 is 0. The second-order valence-corrected chi connectivity index (χ2v) is 4.84. The summed E-state index contributed by atoms with van der Waals surface area (Å²) in [4.78, 5) is 0. The molecule has 1 rings (SSSR count). The molecule has 0 atom stereocenters. The highest BCUT2D eigenvalue weighted by Crippen LogP contribution is 2.12. The highest BCUT2D eigenvalue weighted by Gasteiger charge is 2.06. The van der Waals surface area contributed by atoms with Gasteiger partial charge in [0.25, 0.3) is 0 Å². The lowest BCUT2D eigenvalue weighted by Gasteiger charge is -2.01. The third-order valence-corrected chi connectivity index (χ3v) is 3.24. The van der Waals surface area contributed by atoms with Gasteiger partial charge in [0, 0.05) is 0 Å². The average molecular weight is 237 g/mol. The van der Waals surface area contributed by atoms with Crippen molar-refractivity contribution < 1.29 is 0 Å². The quantitative estimate of drug-likeness (QED) is 0.624. The third kappa shape index (κ3) is 5.85. The van der Waals surface area contributed by atoms with Crippen molar-refractivity contribution in [3.05, 3.63) is 11.4 Å². The molecule has 3 heteroatoms. The summed E-state index contributed by atoms with van der Waals surface area (Å²) in [6, 6.07) is 0. The van der Waals surface area contributed by atoms with E-state index in [9.17, 15) is 0 Å². The summed E-state index contributed by atoms with van der Waals surface area (Å²) in [6.45, 7) is 4.49. The Morgan fingerprint density at radius 2 is 1.18 bits per heavy atom. The normalized spacial score (nSPS) is 10.9. The summed E-state index contributed by atoms with van der Waals surface area (Å²) in [7, 11) is 0. The molecule has 0 amide bonds. The Morgan fingerprint density at radius 1 is 0.706 bits per heavy atom. The molecular weight excluding hydrogens is 210 g/mol. The molecule has 17 heavy (non-hydrogen) atoms. The van der Waals surface area contributed by atoms with Crippen LogP contribution < -0.4 is 0 Å². The fraction of sp³-hybridized carbons (Fsp3) is 0.857. The van der Waals surface area contributed by atoms with Crippen LogP contribution in [0, 0.1) is 0 Å². The largest absolute Gasteiger partial charge is 0.197 e. The van der Waals surface area contributed by atoms with Gasteiger partial charge >= 0.3 is 0 Å². The van der Waals surface area contributed by atoms with Crippen molar-refractivity contribution in [3.8, 4) is 0 Å². The molecule has 0 saturated heterocycles. The van der Waals surface area contributed by atoms with Gasteiger partial charge in [-0.05, 0) is 25.7 Å². The zero-order valence-corrected chi connectivity index (χ0v) is 11.5. The predicted molar refractivity (Wildman–Crippen MR) is 72.1 cm³/mol. The van der Waals surface area contributed by atoms with E-state index >= 15 is 0 Å². The molecule has 1 aromatic rings. The Labute approximate surface area is 105 Å². The van der Waals surface area contributed by atoms with Crippen molar-refractivity contribution in [3.63, 3.8) is 0 Å². The van der Waals surface area contributed by atoms with Gasteiger partial charge in [0.15, 0.2) is 0 Å². The Kier molecular flexibility index (Phi) is 7.69. The second-order valence-electron chi connectivity index (χ2n) is 4.84. The van der Waals surface area contributed by atoms with Crippen LogP contribution in [-0.2, 0) is 12.8 Å². The first-order chi connectivity index (χ1) is 8.38. The van der Waals surface area contributed by atoms with Gasteiger partial charge in [0.2, 0.25) is 0 Å². The van der Waals surface area contributed by atoms with Gasteiger partial charge < -0.3 is 0 Å². The molecule has 0 aliphatic carbocycles. The van der Waals surface area contributed by atoms with Crippen LogP contribution in [0.5, 0.6) is 0 Å². The Bertz CT molecular complexity index is 254. The molecule has 0 radical (unpaired) electrons. The number of nitrogens with zero attached hydrogens (tertiary/aromatic N) is 2. The van der Waals surface area contributed by atoms with E-state index in [1.807, 2.05) is 0 Å². The fourth-order valence-electron chi connectivity index (χ4n) is 2.11. The van der Waals surface area contributed by atoms with Gasteiger partial charge in [-0.1, -0.05) is 52.4 Å². The van der Waals surface area contributed by atoms with Crippen molar-refractivity contribution in [2.24, 2.45) is 0 Å². The van der Waals surface area contributed by atoms with Crippen LogP contribution in [-0.4, -0.2) is 15.4 Å². The molecule has 0 saturated carbocycles. The van der Waals surface area contributed by atoms with Crippen LogP contribution in [0.15, 0.2) is 0 Å². The minimum absolute atomic E-state index is 1.10. The number of nitrogens with one attached hydrogen (secondary N) is 1. The Hall–Kier alpha value is -0.860. The summed E-state index contributed by atoms with van der Waals surface area (Å²) in [5, 5.41) is 11.3. The molecule has 0 aliphatic heterocycles. The summed E-state index contributed by atoms with van der Waals surface area (Å²) in [6.07, 6.45) is 12.6. The van der Waals surface area contributed by atoms with E-state index in [1.54, 1.807) is 0 Å². The first kappa shape index (κ1) is 14.2. The molecule has 3 nitrogen and oxygen atoms in total. The van der Waals surface area contributed by atoms with Gasteiger partial charge in [-0.25, -0.2) is 0 Å². The van der Waals surface area contributed by atoms with Crippen molar-refractivity contribution in [2.75, 3.05) is 0 Å². The second kappa shape index (κ2) is 9.20. The Balaban J connectivity index is 2.22. The molecular formula is C14H27N3. The molecule has 0 spiro atoms. The number of aromatic nitrogens is 3. The minimum atomic E-state index is 1.10. The molecule has 1 N–H and O–H groups in total. The first-order valence-electron chi connectivity index (χ1n) is 7.27. The molecule has 0 fully saturated rings. The maximum Gasteiger partial charge on any atom is 0.0856 e. The van der Waals surface area contributed by atoms with E-state index in [2.05, 4.69) is 29.3 Å². The van der Waals surface area contributed by atoms with Crippen LogP contribution in [0.2, 0.25) is 0 Å². The van der Waals surface area contributed by atoms with Gasteiger partial charge in [-0.15, -0.1) is 0 Å². The number of aromatic amines is 1. The van der Waals surface area contributed by atoms with Gasteiger partial charge in [0.1, 0.15) is 0 Å². The van der Waals surface area contributed by atoms with Crippen molar-refractivity contribution in [2.45, 2.75) is 78.1 Å². The van der Waals surface area contributed by atoms with Crippen LogP contribution in [0.3, 0.4) is 0 Å². The number of unbranched alkanes of at least 4 members (excludes halogenated alkanes) is 6. The molecule has 0 aromatic carbocycles. The van der Waals surface area contributed by atoms with Crippen molar-refractivity contribution >= 4 is 0 Å². The first-order valence-corrected chi connectivity index (χ1v) is 7.27. The average Bonchev–Trinajstić information content (AvgIpc) is 2.78. The summed E-state index contributed by atoms with van der Waals surface area (Å²) in [5.74, 6) is 0. The lowest BCUT2D eigenvalue weighted by molar-refractivity contribution is 0.643. The monoisotopic (exact) mass is 237 g/mol. The minimum Gasteiger partial charge on any atom is -0.197 e. The number of rotatable bonds is 10. The van der Waals surface area contributed by atoms with Gasteiger partial charge in [-0.2, -0.15) is 15.4 Å². The van der Waals surface area contributed by atoms with Crippen molar-refractivity contribution in [1.82, 2.24) is 15.4 Å². The molecule has 0 bridgehead atoms. The smallest absolute Gasteiger partial charge is 0.0856 e. The maximum atomic E-state index is 4.28. The topological polar surface area (TPSA) is 41.6 Å². The Morgan fingerprint density at radius 3 is 1.59 bits per heavy atom. The fourth-order valence-corrected chi connectivity index (χ4v) is 2.11. The van der Waals surface area contributed by atoms with Crippen LogP contribution in [0.1, 0.15) is 76.6 Å². The number of aryl methyl sites for hydroxylation is 2. The highest BCUT2D eigenvalue weighted by atomic mass is 15.3. The van der Waals surface area contributed by atoms with E-state index in [1.165, 1.54) is 62.8 Å². The predicted octanol–water partition coefficient (Wildman–Crippen LogP) is 4.05. The lowest BCUT2D eigenvalue weighted by atomic mass is 10.1. The summed E-state index contributed by atoms with van der Waals surface area (Å²) in [5.41, 5.74) is 2.41. The molecule has 98 valence electrons. The number of hydrogen-bond acceptors (Lipinski definition) is 2. The van der Waals surface area contributed by atoms with Gasteiger partial charge in [-0.3, -0.25) is 0 Å². The zero-order chi connectivity index (χ0) is 12.3. The number of hydrogen-bond donors (Lipinski definition) is 1. The molecule has 1 heterocycles. The molecule has 0 unspecified atom stereocenters.